The van der Waals surface area contributed by atoms with Gasteiger partial charge in [0.05, 0.1) is 12.1 Å². The normalized spacial score (nSPS) is 22.5. The molecule has 4 N–H and O–H groups in total. The molecule has 1 aromatic heterocycles. The number of carbonyl (C=O) groups excluding carboxylic acids is 2. The van der Waals surface area contributed by atoms with E-state index >= 15 is 0 Å². The molecule has 8 nitrogen and oxygen atoms in total. The van der Waals surface area contributed by atoms with Gasteiger partial charge in [0.25, 0.3) is 0 Å². The van der Waals surface area contributed by atoms with Gasteiger partial charge in [0.1, 0.15) is 17.7 Å². The zero-order valence-corrected chi connectivity index (χ0v) is 22.3. The third-order valence-corrected chi connectivity index (χ3v) is 8.14. The zero-order valence-electron chi connectivity index (χ0n) is 22.3. The molecule has 200 valence electrons. The first-order valence-electron chi connectivity index (χ1n) is 13.7. The van der Waals surface area contributed by atoms with Crippen LogP contribution in [0.1, 0.15) is 69.9 Å². The molecule has 0 radical (unpaired) electrons. The lowest BCUT2D eigenvalue weighted by atomic mass is 9.83. The van der Waals surface area contributed by atoms with Crippen LogP contribution in [-0.2, 0) is 9.59 Å². The fraction of sp³-hybridized carbons (Fsp3) is 0.552. The number of hydrogen-bond acceptors (Lipinski definition) is 6. The molecule has 8 heteroatoms. The first kappa shape index (κ1) is 26.9. The Hall–Kier alpha value is -3.13. The van der Waals surface area contributed by atoms with E-state index < -0.39 is 6.04 Å². The molecule has 4 rings (SSSR count). The van der Waals surface area contributed by atoms with E-state index in [2.05, 4.69) is 28.3 Å². The van der Waals surface area contributed by atoms with E-state index in [1.807, 2.05) is 41.1 Å². The van der Waals surface area contributed by atoms with Gasteiger partial charge in [-0.3, -0.25) is 9.59 Å². The van der Waals surface area contributed by atoms with Crippen LogP contribution < -0.4 is 21.3 Å². The van der Waals surface area contributed by atoms with Crippen molar-refractivity contribution < 1.29 is 9.59 Å². The average Bonchev–Trinajstić information content (AvgIpc) is 3.57. The number of pyridine rings is 1. The Bertz CT molecular complexity index is 1040. The number of likely N-dealkylation sites (N-methyl/N-ethyl adjacent to an activating group) is 1. The Labute approximate surface area is 221 Å². The van der Waals surface area contributed by atoms with Gasteiger partial charge in [-0.05, 0) is 75.3 Å². The minimum absolute atomic E-state index is 0.0353. The van der Waals surface area contributed by atoms with Crippen molar-refractivity contribution in [1.82, 2.24) is 20.5 Å². The van der Waals surface area contributed by atoms with E-state index in [9.17, 15) is 9.59 Å². The summed E-state index contributed by atoms with van der Waals surface area (Å²) < 4.78 is 0. The van der Waals surface area contributed by atoms with E-state index in [4.69, 9.17) is 5.73 Å². The predicted molar refractivity (Wildman–Crippen MR) is 147 cm³/mol. The van der Waals surface area contributed by atoms with Crippen molar-refractivity contribution in [3.8, 4) is 0 Å². The minimum atomic E-state index is -0.484. The lowest BCUT2D eigenvalue weighted by Gasteiger charge is -2.35. The number of hydrogen-bond donors (Lipinski definition) is 3. The molecule has 3 unspecified atom stereocenters. The molecule has 3 heterocycles. The molecule has 3 aliphatic rings. The molecule has 37 heavy (non-hydrogen) atoms. The Morgan fingerprint density at radius 2 is 1.97 bits per heavy atom. The fourth-order valence-electron chi connectivity index (χ4n) is 5.85. The summed E-state index contributed by atoms with van der Waals surface area (Å²) in [4.78, 5) is 35.5. The second-order valence-electron chi connectivity index (χ2n) is 10.4. The third kappa shape index (κ3) is 6.06. The zero-order chi connectivity index (χ0) is 26.4. The molecular weight excluding hydrogens is 464 g/mol. The lowest BCUT2D eigenvalue weighted by Crippen LogP contribution is -2.55. The van der Waals surface area contributed by atoms with Crippen molar-refractivity contribution in [3.05, 3.63) is 60.1 Å². The number of nitrogens with one attached hydrogen (secondary N) is 2. The van der Waals surface area contributed by atoms with Crippen molar-refractivity contribution in [2.75, 3.05) is 25.0 Å². The van der Waals surface area contributed by atoms with Gasteiger partial charge in [-0.15, -0.1) is 0 Å². The first-order valence-corrected chi connectivity index (χ1v) is 13.7. The highest BCUT2D eigenvalue weighted by atomic mass is 16.2. The maximum atomic E-state index is 14.0. The first-order chi connectivity index (χ1) is 17.9. The predicted octanol–water partition coefficient (Wildman–Crippen LogP) is 3.54. The van der Waals surface area contributed by atoms with Crippen molar-refractivity contribution in [1.29, 1.82) is 0 Å². The summed E-state index contributed by atoms with van der Waals surface area (Å²) in [6, 6.07) is 3.21. The maximum Gasteiger partial charge on any atom is 0.245 e. The second kappa shape index (κ2) is 12.4. The number of likely N-dealkylation sites (tertiary alicyclic amines) is 1. The highest BCUT2D eigenvalue weighted by Crippen LogP contribution is 2.36. The van der Waals surface area contributed by atoms with Crippen LogP contribution in [-0.4, -0.2) is 53.9 Å². The standard InChI is InChI=1S/C29H42N6O2/c1-4-5-10-22-15-18-35(27(22)30)25-19-23(14-16-32-25)24-13-9-17-34(24)29(37)26(21-11-7-6-8-12-21)33-28(36)20(2)31-3/h4-5,10,14,16,19-21,24,26,31H,1,6-9,11-13,15,17-18,30H2,2-3H3,(H,33,36)/b10-5-. The number of nitrogens with two attached hydrogens (primary N) is 1. The van der Waals surface area contributed by atoms with Crippen molar-refractivity contribution in [2.45, 2.75) is 76.4 Å². The third-order valence-electron chi connectivity index (χ3n) is 8.14. The largest absolute Gasteiger partial charge is 0.385 e. The van der Waals surface area contributed by atoms with Gasteiger partial charge in [-0.2, -0.15) is 0 Å². The monoisotopic (exact) mass is 506 g/mol. The quantitative estimate of drug-likeness (QED) is 0.443. The van der Waals surface area contributed by atoms with Gasteiger partial charge in [0.15, 0.2) is 0 Å². The van der Waals surface area contributed by atoms with Crippen LogP contribution in [0.5, 0.6) is 0 Å². The van der Waals surface area contributed by atoms with Crippen LogP contribution in [0, 0.1) is 5.92 Å². The van der Waals surface area contributed by atoms with Crippen LogP contribution >= 0.6 is 0 Å². The topological polar surface area (TPSA) is 104 Å². The maximum absolute atomic E-state index is 14.0. The van der Waals surface area contributed by atoms with Gasteiger partial charge < -0.3 is 26.2 Å². The molecule has 2 fully saturated rings. The van der Waals surface area contributed by atoms with E-state index in [0.29, 0.717) is 12.4 Å². The number of amides is 2. The summed E-state index contributed by atoms with van der Waals surface area (Å²) in [6.45, 7) is 7.03. The molecule has 0 spiro atoms. The van der Waals surface area contributed by atoms with E-state index in [0.717, 1.165) is 68.4 Å². The molecule has 0 aromatic carbocycles. The average molecular weight is 507 g/mol. The second-order valence-corrected chi connectivity index (χ2v) is 10.4. The van der Waals surface area contributed by atoms with Crippen molar-refractivity contribution in [3.63, 3.8) is 0 Å². The van der Waals surface area contributed by atoms with Crippen LogP contribution in [0.2, 0.25) is 0 Å². The number of anilines is 1. The number of nitrogens with zero attached hydrogens (tertiary/aromatic N) is 3. The van der Waals surface area contributed by atoms with Gasteiger partial charge in [-0.1, -0.05) is 44.1 Å². The Kier molecular flexibility index (Phi) is 9.03. The van der Waals surface area contributed by atoms with Crippen LogP contribution in [0.15, 0.2) is 54.5 Å². The Morgan fingerprint density at radius 3 is 2.70 bits per heavy atom. The van der Waals surface area contributed by atoms with E-state index in [1.54, 1.807) is 13.1 Å². The summed E-state index contributed by atoms with van der Waals surface area (Å²) in [5.74, 6) is 1.62. The van der Waals surface area contributed by atoms with Gasteiger partial charge in [0.2, 0.25) is 11.8 Å². The van der Waals surface area contributed by atoms with Crippen LogP contribution in [0.4, 0.5) is 5.82 Å². The summed E-state index contributed by atoms with van der Waals surface area (Å²) in [5, 5.41) is 6.12. The summed E-state index contributed by atoms with van der Waals surface area (Å²) >= 11 is 0. The minimum Gasteiger partial charge on any atom is -0.385 e. The number of carbonyl (C=O) groups is 2. The molecule has 1 aliphatic carbocycles. The SMILES string of the molecule is C=C/C=C\C1=C(N)N(c2cc(C3CCCN3C(=O)C(NC(=O)C(C)NC)C3CCCCC3)ccn2)CC1. The van der Waals surface area contributed by atoms with Crippen molar-refractivity contribution >= 4 is 17.6 Å². The highest BCUT2D eigenvalue weighted by Gasteiger charge is 2.39. The molecule has 3 atom stereocenters. The Morgan fingerprint density at radius 1 is 1.19 bits per heavy atom. The number of allylic oxidation sites excluding steroid dienone is 3. The van der Waals surface area contributed by atoms with Gasteiger partial charge in [0, 0.05) is 19.3 Å². The molecule has 2 aliphatic heterocycles. The van der Waals surface area contributed by atoms with Gasteiger partial charge in [-0.25, -0.2) is 4.98 Å². The van der Waals surface area contributed by atoms with E-state index in [1.165, 1.54) is 6.42 Å². The molecular formula is C29H42N6O2. The molecule has 0 bridgehead atoms. The molecule has 2 amide bonds. The van der Waals surface area contributed by atoms with Gasteiger partial charge >= 0.3 is 0 Å². The molecule has 1 saturated heterocycles. The number of rotatable bonds is 9. The van der Waals surface area contributed by atoms with E-state index in [-0.39, 0.29) is 29.8 Å². The summed E-state index contributed by atoms with van der Waals surface area (Å²) in [7, 11) is 1.76. The van der Waals surface area contributed by atoms with Crippen LogP contribution in [0.25, 0.3) is 0 Å². The molecule has 1 aromatic rings. The van der Waals surface area contributed by atoms with Crippen molar-refractivity contribution in [2.24, 2.45) is 11.7 Å². The summed E-state index contributed by atoms with van der Waals surface area (Å²) in [5.41, 5.74) is 8.59. The smallest absolute Gasteiger partial charge is 0.245 e. The lowest BCUT2D eigenvalue weighted by molar-refractivity contribution is -0.139. The number of aromatic nitrogens is 1. The van der Waals surface area contributed by atoms with Crippen LogP contribution in [0.3, 0.4) is 0 Å². The Balaban J connectivity index is 1.56. The summed E-state index contributed by atoms with van der Waals surface area (Å²) in [6.07, 6.45) is 15.5. The highest BCUT2D eigenvalue weighted by molar-refractivity contribution is 5.90. The molecule has 1 saturated carbocycles. The fourth-order valence-corrected chi connectivity index (χ4v) is 5.85.